The van der Waals surface area contributed by atoms with E-state index in [1.807, 2.05) is 0 Å². The van der Waals surface area contributed by atoms with Crippen LogP contribution in [0.1, 0.15) is 64.2 Å². The maximum atomic E-state index is 13.4. The van der Waals surface area contributed by atoms with Gasteiger partial charge < -0.3 is 5.32 Å². The summed E-state index contributed by atoms with van der Waals surface area (Å²) >= 11 is 1.10. The SMILES string of the molecule is O=C1CSC(=O)N1[C@H]1CCCC[C@@H]1NC(=O)C12CC3CC(CC(C3)C1)C2. The minimum atomic E-state index is -0.162. The van der Waals surface area contributed by atoms with E-state index < -0.39 is 0 Å². The molecule has 5 nitrogen and oxygen atoms in total. The number of carbonyl (C=O) groups is 3. The number of nitrogens with zero attached hydrogens (tertiary/aromatic N) is 1. The zero-order chi connectivity index (χ0) is 17.9. The quantitative estimate of drug-likeness (QED) is 0.820. The minimum absolute atomic E-state index is 0.0594. The Morgan fingerprint density at radius 2 is 1.62 bits per heavy atom. The Morgan fingerprint density at radius 1 is 1.00 bits per heavy atom. The smallest absolute Gasteiger partial charge is 0.289 e. The van der Waals surface area contributed by atoms with Crippen LogP contribution >= 0.6 is 11.8 Å². The Bertz CT molecular complexity index is 598. The molecular formula is C20H28N2O3S. The monoisotopic (exact) mass is 376 g/mol. The number of nitrogens with one attached hydrogen (secondary N) is 1. The Balaban J connectivity index is 1.33. The van der Waals surface area contributed by atoms with E-state index in [9.17, 15) is 14.4 Å². The number of rotatable bonds is 3. The van der Waals surface area contributed by atoms with Gasteiger partial charge in [-0.05, 0) is 69.1 Å². The summed E-state index contributed by atoms with van der Waals surface area (Å²) in [7, 11) is 0. The summed E-state index contributed by atoms with van der Waals surface area (Å²) in [5.74, 6) is 2.62. The fourth-order valence-electron chi connectivity index (χ4n) is 6.98. The minimum Gasteiger partial charge on any atom is -0.351 e. The third-order valence-corrected chi connectivity index (χ3v) is 8.52. The summed E-state index contributed by atoms with van der Waals surface area (Å²) in [4.78, 5) is 39.2. The molecule has 0 aromatic carbocycles. The fourth-order valence-corrected chi connectivity index (χ4v) is 7.75. The third kappa shape index (κ3) is 2.71. The maximum Gasteiger partial charge on any atom is 0.289 e. The van der Waals surface area contributed by atoms with Crippen molar-refractivity contribution in [2.24, 2.45) is 23.2 Å². The topological polar surface area (TPSA) is 66.5 Å². The van der Waals surface area contributed by atoms with Gasteiger partial charge in [0.2, 0.25) is 11.8 Å². The predicted molar refractivity (Wildman–Crippen MR) is 99.5 cm³/mol. The van der Waals surface area contributed by atoms with E-state index >= 15 is 0 Å². The normalized spacial score (nSPS) is 44.6. The highest BCUT2D eigenvalue weighted by Gasteiger charge is 2.55. The lowest BCUT2D eigenvalue weighted by Crippen LogP contribution is -2.60. The van der Waals surface area contributed by atoms with Crippen molar-refractivity contribution in [3.63, 3.8) is 0 Å². The highest BCUT2D eigenvalue weighted by molar-refractivity contribution is 8.14. The van der Waals surface area contributed by atoms with Gasteiger partial charge in [-0.3, -0.25) is 19.3 Å². The zero-order valence-electron chi connectivity index (χ0n) is 15.2. The van der Waals surface area contributed by atoms with Crippen LogP contribution in [0.15, 0.2) is 0 Å². The molecule has 0 aromatic heterocycles. The molecule has 6 heteroatoms. The second-order valence-electron chi connectivity index (χ2n) is 9.45. The molecule has 2 atom stereocenters. The Kier molecular flexibility index (Phi) is 4.11. The molecule has 26 heavy (non-hydrogen) atoms. The molecule has 3 amide bonds. The van der Waals surface area contributed by atoms with Gasteiger partial charge in [0.05, 0.1) is 11.8 Å². The zero-order valence-corrected chi connectivity index (χ0v) is 16.1. The van der Waals surface area contributed by atoms with Gasteiger partial charge in [0.25, 0.3) is 5.24 Å². The van der Waals surface area contributed by atoms with Crippen molar-refractivity contribution in [2.45, 2.75) is 76.3 Å². The molecule has 0 radical (unpaired) electrons. The molecule has 5 aliphatic carbocycles. The summed E-state index contributed by atoms with van der Waals surface area (Å²) in [5, 5.41) is 3.22. The number of imide groups is 1. The summed E-state index contributed by atoms with van der Waals surface area (Å²) in [6.07, 6.45) is 10.9. The van der Waals surface area contributed by atoms with Crippen molar-refractivity contribution in [3.05, 3.63) is 0 Å². The number of hydrogen-bond acceptors (Lipinski definition) is 4. The first-order chi connectivity index (χ1) is 12.5. The molecule has 0 aromatic rings. The van der Waals surface area contributed by atoms with Gasteiger partial charge in [-0.25, -0.2) is 0 Å². The van der Waals surface area contributed by atoms with Gasteiger partial charge in [0.15, 0.2) is 0 Å². The second-order valence-corrected chi connectivity index (χ2v) is 10.4. The lowest BCUT2D eigenvalue weighted by Gasteiger charge is -2.56. The standard InChI is InChI=1S/C20H28N2O3S/c23-17-11-26-19(25)22(17)16-4-2-1-3-15(16)21-18(24)20-8-12-5-13(9-20)7-14(6-12)10-20/h12-16H,1-11H2,(H,21,24)/t12?,13?,14?,15-,16-,20?/m0/s1. The van der Waals surface area contributed by atoms with Crippen LogP contribution in [-0.2, 0) is 9.59 Å². The Labute approximate surface area is 159 Å². The molecular weight excluding hydrogens is 348 g/mol. The van der Waals surface area contributed by atoms with Crippen LogP contribution in [0.3, 0.4) is 0 Å². The van der Waals surface area contributed by atoms with E-state index in [1.165, 1.54) is 24.2 Å². The number of amides is 3. The highest BCUT2D eigenvalue weighted by atomic mass is 32.2. The number of hydrogen-bond donors (Lipinski definition) is 1. The van der Waals surface area contributed by atoms with E-state index in [1.54, 1.807) is 0 Å². The highest BCUT2D eigenvalue weighted by Crippen LogP contribution is 2.60. The van der Waals surface area contributed by atoms with Gasteiger partial charge in [-0.2, -0.15) is 0 Å². The van der Waals surface area contributed by atoms with Crippen molar-refractivity contribution in [1.29, 1.82) is 0 Å². The van der Waals surface area contributed by atoms with E-state index in [2.05, 4.69) is 5.32 Å². The molecule has 1 aliphatic heterocycles. The molecule has 0 spiro atoms. The molecule has 6 rings (SSSR count). The lowest BCUT2D eigenvalue weighted by atomic mass is 9.49. The first-order valence-electron chi connectivity index (χ1n) is 10.3. The molecule has 142 valence electrons. The van der Waals surface area contributed by atoms with Crippen LogP contribution in [0, 0.1) is 23.2 Å². The number of carbonyl (C=O) groups excluding carboxylic acids is 3. The van der Waals surface area contributed by atoms with E-state index in [0.29, 0.717) is 0 Å². The van der Waals surface area contributed by atoms with Crippen LogP contribution in [0.25, 0.3) is 0 Å². The first kappa shape index (κ1) is 17.1. The summed E-state index contributed by atoms with van der Waals surface area (Å²) in [5.41, 5.74) is -0.162. The van der Waals surface area contributed by atoms with Crippen molar-refractivity contribution in [2.75, 3.05) is 5.75 Å². The second kappa shape index (κ2) is 6.25. The van der Waals surface area contributed by atoms with Gasteiger partial charge >= 0.3 is 0 Å². The average molecular weight is 377 g/mol. The van der Waals surface area contributed by atoms with Crippen LogP contribution < -0.4 is 5.32 Å². The van der Waals surface area contributed by atoms with Gasteiger partial charge in [-0.1, -0.05) is 24.6 Å². The van der Waals surface area contributed by atoms with Crippen LogP contribution in [0.5, 0.6) is 0 Å². The maximum absolute atomic E-state index is 13.4. The van der Waals surface area contributed by atoms with Crippen molar-refractivity contribution in [1.82, 2.24) is 10.2 Å². The summed E-state index contributed by atoms with van der Waals surface area (Å²) in [6, 6.07) is -0.201. The average Bonchev–Trinajstić information content (AvgIpc) is 2.93. The Morgan fingerprint density at radius 3 is 2.19 bits per heavy atom. The molecule has 6 aliphatic rings. The Hall–Kier alpha value is -1.04. The van der Waals surface area contributed by atoms with Crippen molar-refractivity contribution in [3.8, 4) is 0 Å². The predicted octanol–water partition coefficient (Wildman–Crippen LogP) is 3.33. The third-order valence-electron chi connectivity index (χ3n) is 7.68. The van der Waals surface area contributed by atoms with Crippen molar-refractivity contribution < 1.29 is 14.4 Å². The van der Waals surface area contributed by atoms with Gasteiger partial charge in [-0.15, -0.1) is 0 Å². The van der Waals surface area contributed by atoms with Crippen molar-refractivity contribution >= 4 is 28.8 Å². The largest absolute Gasteiger partial charge is 0.351 e. The number of thioether (sulfide) groups is 1. The molecule has 1 N–H and O–H groups in total. The van der Waals surface area contributed by atoms with E-state index in [0.717, 1.165) is 74.5 Å². The molecule has 5 saturated carbocycles. The first-order valence-corrected chi connectivity index (χ1v) is 11.3. The molecule has 1 heterocycles. The van der Waals surface area contributed by atoms with Gasteiger partial charge in [0, 0.05) is 11.5 Å². The van der Waals surface area contributed by atoms with E-state index in [-0.39, 0.29) is 40.3 Å². The lowest BCUT2D eigenvalue weighted by molar-refractivity contribution is -0.148. The fraction of sp³-hybridized carbons (Fsp3) is 0.850. The molecule has 4 bridgehead atoms. The van der Waals surface area contributed by atoms with Crippen LogP contribution in [0.4, 0.5) is 4.79 Å². The van der Waals surface area contributed by atoms with Gasteiger partial charge in [0.1, 0.15) is 0 Å². The molecule has 6 fully saturated rings. The summed E-state index contributed by atoms with van der Waals surface area (Å²) in [6.45, 7) is 0. The van der Waals surface area contributed by atoms with Crippen LogP contribution in [0.2, 0.25) is 0 Å². The van der Waals surface area contributed by atoms with E-state index in [4.69, 9.17) is 0 Å². The summed E-state index contributed by atoms with van der Waals surface area (Å²) < 4.78 is 0. The molecule has 0 unspecified atom stereocenters. The molecule has 1 saturated heterocycles. The van der Waals surface area contributed by atoms with Crippen LogP contribution in [-0.4, -0.2) is 39.8 Å².